The molecule has 1 aromatic heterocycles. The van der Waals surface area contributed by atoms with Crippen LogP contribution < -0.4 is 5.32 Å². The summed E-state index contributed by atoms with van der Waals surface area (Å²) in [7, 11) is 0. The van der Waals surface area contributed by atoms with E-state index in [0.29, 0.717) is 56.8 Å². The molecule has 3 heterocycles. The van der Waals surface area contributed by atoms with Crippen LogP contribution in [0.4, 0.5) is 0 Å². The predicted octanol–water partition coefficient (Wildman–Crippen LogP) is 6.38. The summed E-state index contributed by atoms with van der Waals surface area (Å²) in [5, 5.41) is 15.5. The molecule has 4 aromatic rings. The second kappa shape index (κ2) is 16.1. The van der Waals surface area contributed by atoms with Gasteiger partial charge < -0.3 is 20.2 Å². The maximum atomic E-state index is 13.7. The average molecular weight is 679 g/mol. The van der Waals surface area contributed by atoms with Gasteiger partial charge in [-0.15, -0.1) is 0 Å². The molecule has 256 valence electrons. The molecule has 0 saturated carbocycles. The Bertz CT molecular complexity index is 1600. The van der Waals surface area contributed by atoms with E-state index < -0.39 is 11.0 Å². The molecular formula is C41H47ClN4O3. The second-order valence-electron chi connectivity index (χ2n) is 13.7. The molecule has 2 amide bonds. The number of carbonyl (C=O) groups is 2. The molecule has 2 aliphatic rings. The van der Waals surface area contributed by atoms with Gasteiger partial charge in [0.15, 0.2) is 0 Å². The zero-order valence-corrected chi connectivity index (χ0v) is 28.9. The van der Waals surface area contributed by atoms with Gasteiger partial charge in [-0.1, -0.05) is 90.5 Å². The number of piperidine rings is 2. The summed E-state index contributed by atoms with van der Waals surface area (Å²) in [6, 6.07) is 32.5. The number of hydrogen-bond donors (Lipinski definition) is 2. The Morgan fingerprint density at radius 3 is 2.08 bits per heavy atom. The van der Waals surface area contributed by atoms with Crippen LogP contribution in [0.3, 0.4) is 0 Å². The highest BCUT2D eigenvalue weighted by molar-refractivity contribution is 6.30. The van der Waals surface area contributed by atoms with Gasteiger partial charge in [-0.3, -0.25) is 14.6 Å². The minimum absolute atomic E-state index is 0.0631. The highest BCUT2D eigenvalue weighted by Crippen LogP contribution is 2.38. The molecule has 0 atom stereocenters. The van der Waals surface area contributed by atoms with Gasteiger partial charge in [0.1, 0.15) is 0 Å². The molecule has 2 saturated heterocycles. The summed E-state index contributed by atoms with van der Waals surface area (Å²) in [6.45, 7) is 4.23. The number of aliphatic hydroxyl groups is 1. The number of nitrogens with zero attached hydrogens (tertiary/aromatic N) is 3. The van der Waals surface area contributed by atoms with Gasteiger partial charge in [0.25, 0.3) is 0 Å². The largest absolute Gasteiger partial charge is 0.385 e. The Hall–Kier alpha value is -4.04. The summed E-state index contributed by atoms with van der Waals surface area (Å²) in [6.07, 6.45) is 8.26. The van der Waals surface area contributed by atoms with Gasteiger partial charge in [-0.05, 0) is 85.5 Å². The van der Waals surface area contributed by atoms with E-state index in [9.17, 15) is 14.7 Å². The number of aromatic nitrogens is 1. The number of benzene rings is 3. The molecule has 6 rings (SSSR count). The van der Waals surface area contributed by atoms with Crippen molar-refractivity contribution in [3.8, 4) is 0 Å². The molecule has 8 heteroatoms. The molecule has 49 heavy (non-hydrogen) atoms. The first-order valence-corrected chi connectivity index (χ1v) is 18.0. The first kappa shape index (κ1) is 34.8. The van der Waals surface area contributed by atoms with Crippen molar-refractivity contribution >= 4 is 23.4 Å². The van der Waals surface area contributed by atoms with Crippen molar-refractivity contribution in [3.05, 3.63) is 137 Å². The van der Waals surface area contributed by atoms with Gasteiger partial charge >= 0.3 is 0 Å². The Morgan fingerprint density at radius 2 is 1.49 bits per heavy atom. The highest BCUT2D eigenvalue weighted by Gasteiger charge is 2.37. The van der Waals surface area contributed by atoms with Crippen molar-refractivity contribution in [3.63, 3.8) is 0 Å². The number of pyridine rings is 1. The molecule has 2 N–H and O–H groups in total. The summed E-state index contributed by atoms with van der Waals surface area (Å²) in [5.74, 6) is 0.0231. The fraction of sp³-hybridized carbons (Fsp3) is 0.390. The molecule has 0 spiro atoms. The van der Waals surface area contributed by atoms with Crippen molar-refractivity contribution < 1.29 is 14.7 Å². The maximum Gasteiger partial charge on any atom is 0.227 e. The molecular weight excluding hydrogens is 632 g/mol. The van der Waals surface area contributed by atoms with Gasteiger partial charge in [0.05, 0.1) is 12.0 Å². The Morgan fingerprint density at radius 1 is 0.857 bits per heavy atom. The van der Waals surface area contributed by atoms with Crippen LogP contribution in [0.5, 0.6) is 0 Å². The third-order valence-electron chi connectivity index (χ3n) is 10.7. The van der Waals surface area contributed by atoms with E-state index >= 15 is 0 Å². The van der Waals surface area contributed by atoms with Crippen LogP contribution in [-0.2, 0) is 27.0 Å². The van der Waals surface area contributed by atoms with E-state index in [1.54, 1.807) is 12.4 Å². The fourth-order valence-electron chi connectivity index (χ4n) is 7.62. The molecule has 3 aromatic carbocycles. The minimum Gasteiger partial charge on any atom is -0.385 e. The van der Waals surface area contributed by atoms with Crippen LogP contribution in [-0.4, -0.2) is 71.0 Å². The number of carbonyl (C=O) groups excluding carboxylic acids is 2. The molecule has 2 fully saturated rings. The van der Waals surface area contributed by atoms with Crippen LogP contribution in [0.15, 0.2) is 109 Å². The number of amides is 2. The lowest BCUT2D eigenvalue weighted by atomic mass is 9.71. The molecule has 0 aliphatic carbocycles. The van der Waals surface area contributed by atoms with Gasteiger partial charge in [0.2, 0.25) is 11.8 Å². The summed E-state index contributed by atoms with van der Waals surface area (Å²) >= 11 is 6.09. The van der Waals surface area contributed by atoms with Crippen LogP contribution in [0.2, 0.25) is 5.02 Å². The number of likely N-dealkylation sites (tertiary alicyclic amines) is 2. The van der Waals surface area contributed by atoms with E-state index in [4.69, 9.17) is 11.6 Å². The molecule has 7 nitrogen and oxygen atoms in total. The zero-order valence-electron chi connectivity index (χ0n) is 28.1. The van der Waals surface area contributed by atoms with Crippen LogP contribution >= 0.6 is 11.6 Å². The topological polar surface area (TPSA) is 85.8 Å². The van der Waals surface area contributed by atoms with Crippen molar-refractivity contribution in [2.24, 2.45) is 5.92 Å². The van der Waals surface area contributed by atoms with Crippen molar-refractivity contribution in [2.75, 3.05) is 39.3 Å². The Kier molecular flexibility index (Phi) is 11.4. The van der Waals surface area contributed by atoms with E-state index in [0.717, 1.165) is 43.6 Å². The monoisotopic (exact) mass is 678 g/mol. The Balaban J connectivity index is 1.09. The van der Waals surface area contributed by atoms with Crippen molar-refractivity contribution in [1.82, 2.24) is 20.1 Å². The van der Waals surface area contributed by atoms with Crippen molar-refractivity contribution in [1.29, 1.82) is 0 Å². The molecule has 0 bridgehead atoms. The summed E-state index contributed by atoms with van der Waals surface area (Å²) in [4.78, 5) is 35.1. The first-order valence-electron chi connectivity index (χ1n) is 17.6. The lowest BCUT2D eigenvalue weighted by Gasteiger charge is -2.40. The van der Waals surface area contributed by atoms with E-state index in [-0.39, 0.29) is 17.7 Å². The number of halogens is 1. The predicted molar refractivity (Wildman–Crippen MR) is 194 cm³/mol. The third-order valence-corrected chi connectivity index (χ3v) is 10.9. The second-order valence-corrected chi connectivity index (χ2v) is 14.1. The highest BCUT2D eigenvalue weighted by atomic mass is 35.5. The summed E-state index contributed by atoms with van der Waals surface area (Å²) in [5.41, 5.74) is 2.98. The minimum atomic E-state index is -0.827. The van der Waals surface area contributed by atoms with E-state index in [1.165, 1.54) is 11.1 Å². The number of nitrogens with one attached hydrogen (secondary N) is 1. The molecule has 0 radical (unpaired) electrons. The lowest BCUT2D eigenvalue weighted by Crippen LogP contribution is -2.47. The normalized spacial score (nSPS) is 17.1. The van der Waals surface area contributed by atoms with Crippen molar-refractivity contribution in [2.45, 2.75) is 56.0 Å². The first-order chi connectivity index (χ1) is 23.8. The van der Waals surface area contributed by atoms with Gasteiger partial charge in [0, 0.05) is 61.5 Å². The molecule has 0 unspecified atom stereocenters. The maximum absolute atomic E-state index is 13.7. The standard InChI is InChI=1S/C41H47ClN4O3/c42-37-16-14-36(15-17-37)41(49)21-27-45(28-22-41)24-8-20-40(34-10-3-1-4-11-34,35-12-5-2-6-13-35)31-44-39(48)33-18-25-46(26-19-33)38(47)29-32-9-7-23-43-30-32/h1-7,9-17,23,30,33,49H,8,18-22,24-29,31H2,(H,44,48). The number of hydrogen-bond acceptors (Lipinski definition) is 5. The van der Waals surface area contributed by atoms with E-state index in [1.807, 2.05) is 53.4 Å². The van der Waals surface area contributed by atoms with Gasteiger partial charge in [-0.25, -0.2) is 0 Å². The van der Waals surface area contributed by atoms with Crippen LogP contribution in [0.1, 0.15) is 60.8 Å². The fourth-order valence-corrected chi connectivity index (χ4v) is 7.75. The Labute approximate surface area is 295 Å². The quantitative estimate of drug-likeness (QED) is 0.182. The third kappa shape index (κ3) is 8.58. The van der Waals surface area contributed by atoms with Crippen LogP contribution in [0, 0.1) is 5.92 Å². The van der Waals surface area contributed by atoms with Crippen LogP contribution in [0.25, 0.3) is 0 Å². The lowest BCUT2D eigenvalue weighted by molar-refractivity contribution is -0.135. The SMILES string of the molecule is O=C(NCC(CCCN1CCC(O)(c2ccc(Cl)cc2)CC1)(c1ccccc1)c1ccccc1)C1CCN(C(=O)Cc2cccnc2)CC1. The molecule has 2 aliphatic heterocycles. The average Bonchev–Trinajstić information content (AvgIpc) is 3.15. The van der Waals surface area contributed by atoms with E-state index in [2.05, 4.69) is 63.7 Å². The zero-order chi connectivity index (χ0) is 34.1. The van der Waals surface area contributed by atoms with Gasteiger partial charge in [-0.2, -0.15) is 0 Å². The number of rotatable bonds is 12. The summed E-state index contributed by atoms with van der Waals surface area (Å²) < 4.78 is 0. The smallest absolute Gasteiger partial charge is 0.227 e.